The van der Waals surface area contributed by atoms with Gasteiger partial charge in [-0.1, -0.05) is 6.07 Å². The summed E-state index contributed by atoms with van der Waals surface area (Å²) in [5.74, 6) is 1.43. The van der Waals surface area contributed by atoms with Crippen molar-refractivity contribution in [3.63, 3.8) is 0 Å². The Morgan fingerprint density at radius 3 is 2.60 bits per heavy atom. The molecule has 8 nitrogen and oxygen atoms in total. The highest BCUT2D eigenvalue weighted by atomic mass is 16.6. The number of nitro groups is 1. The zero-order valence-corrected chi connectivity index (χ0v) is 13.6. The summed E-state index contributed by atoms with van der Waals surface area (Å²) >= 11 is 0. The lowest BCUT2D eigenvalue weighted by Gasteiger charge is -2.04. The molecule has 1 heterocycles. The van der Waals surface area contributed by atoms with E-state index in [-0.39, 0.29) is 23.9 Å². The zero-order chi connectivity index (χ0) is 17.8. The molecule has 0 saturated carbocycles. The first-order chi connectivity index (χ1) is 12.1. The lowest BCUT2D eigenvalue weighted by molar-refractivity contribution is -0.386. The molecule has 128 valence electrons. The third kappa shape index (κ3) is 3.74. The monoisotopic (exact) mass is 341 g/mol. The van der Waals surface area contributed by atoms with E-state index in [1.165, 1.54) is 6.07 Å². The number of hydrogen-bond donors (Lipinski definition) is 0. The van der Waals surface area contributed by atoms with Gasteiger partial charge in [0.1, 0.15) is 5.75 Å². The van der Waals surface area contributed by atoms with Gasteiger partial charge in [0.2, 0.25) is 5.89 Å². The molecular formula is C17H15N3O5. The average Bonchev–Trinajstić information content (AvgIpc) is 3.09. The number of nitrogens with zero attached hydrogens (tertiary/aromatic N) is 3. The Hall–Kier alpha value is -3.42. The standard InChI is InChI=1S/C17H15N3O5/c1-11-3-8-15(14(9-11)20(21)22)24-10-16-18-19-17(25-16)12-4-6-13(23-2)7-5-12/h3-9H,10H2,1-2H3. The minimum absolute atomic E-state index is 0.0624. The average molecular weight is 341 g/mol. The molecule has 8 heteroatoms. The van der Waals surface area contributed by atoms with Crippen LogP contribution < -0.4 is 9.47 Å². The minimum atomic E-state index is -0.487. The molecule has 3 rings (SSSR count). The molecule has 1 aromatic heterocycles. The second-order valence-corrected chi connectivity index (χ2v) is 5.25. The molecular weight excluding hydrogens is 326 g/mol. The van der Waals surface area contributed by atoms with Gasteiger partial charge in [-0.05, 0) is 42.8 Å². The van der Waals surface area contributed by atoms with Gasteiger partial charge in [0.25, 0.3) is 5.89 Å². The second kappa shape index (κ2) is 7.00. The molecule has 0 bridgehead atoms. The molecule has 0 aliphatic carbocycles. The normalized spacial score (nSPS) is 10.5. The third-order valence-electron chi connectivity index (χ3n) is 3.47. The fourth-order valence-electron chi connectivity index (χ4n) is 2.19. The molecule has 0 aliphatic rings. The number of hydrogen-bond acceptors (Lipinski definition) is 7. The largest absolute Gasteiger partial charge is 0.497 e. The van der Waals surface area contributed by atoms with Gasteiger partial charge in [0.15, 0.2) is 12.4 Å². The van der Waals surface area contributed by atoms with Gasteiger partial charge in [-0.25, -0.2) is 0 Å². The van der Waals surface area contributed by atoms with Crippen LogP contribution in [0.15, 0.2) is 46.9 Å². The first-order valence-corrected chi connectivity index (χ1v) is 7.41. The van der Waals surface area contributed by atoms with Crippen molar-refractivity contribution in [3.05, 3.63) is 64.0 Å². The van der Waals surface area contributed by atoms with Crippen molar-refractivity contribution in [2.75, 3.05) is 7.11 Å². The van der Waals surface area contributed by atoms with Crippen molar-refractivity contribution in [1.82, 2.24) is 10.2 Å². The SMILES string of the molecule is COc1ccc(-c2nnc(COc3ccc(C)cc3[N+](=O)[O-])o2)cc1. The summed E-state index contributed by atoms with van der Waals surface area (Å²) in [6, 6.07) is 11.9. The van der Waals surface area contributed by atoms with Crippen molar-refractivity contribution in [1.29, 1.82) is 0 Å². The van der Waals surface area contributed by atoms with Crippen LogP contribution >= 0.6 is 0 Å². The van der Waals surface area contributed by atoms with Gasteiger partial charge in [-0.3, -0.25) is 10.1 Å². The van der Waals surface area contributed by atoms with E-state index in [1.807, 2.05) is 0 Å². The quantitative estimate of drug-likeness (QED) is 0.499. The number of methoxy groups -OCH3 is 1. The minimum Gasteiger partial charge on any atom is -0.497 e. The second-order valence-electron chi connectivity index (χ2n) is 5.25. The molecule has 0 radical (unpaired) electrons. The number of benzene rings is 2. The number of rotatable bonds is 6. The summed E-state index contributed by atoms with van der Waals surface area (Å²) in [4.78, 5) is 10.6. The Bertz CT molecular complexity index is 890. The van der Waals surface area contributed by atoms with Gasteiger partial charge in [-0.2, -0.15) is 0 Å². The maximum atomic E-state index is 11.1. The van der Waals surface area contributed by atoms with Crippen LogP contribution in [-0.4, -0.2) is 22.2 Å². The molecule has 0 atom stereocenters. The highest BCUT2D eigenvalue weighted by Gasteiger charge is 2.16. The predicted octanol–water partition coefficient (Wildman–Crippen LogP) is 3.54. The van der Waals surface area contributed by atoms with Crippen molar-refractivity contribution in [2.45, 2.75) is 13.5 Å². The molecule has 0 fully saturated rings. The smallest absolute Gasteiger partial charge is 0.311 e. The lowest BCUT2D eigenvalue weighted by atomic mass is 10.2. The van der Waals surface area contributed by atoms with E-state index in [0.717, 1.165) is 16.9 Å². The number of aromatic nitrogens is 2. The Labute approximate surface area is 143 Å². The molecule has 3 aromatic rings. The van der Waals surface area contributed by atoms with Crippen LogP contribution in [0.25, 0.3) is 11.5 Å². The van der Waals surface area contributed by atoms with Crippen LogP contribution in [0.1, 0.15) is 11.5 Å². The molecule has 0 amide bonds. The summed E-state index contributed by atoms with van der Waals surface area (Å²) in [7, 11) is 1.58. The van der Waals surface area contributed by atoms with Gasteiger partial charge in [0, 0.05) is 11.6 Å². The van der Waals surface area contributed by atoms with Gasteiger partial charge >= 0.3 is 5.69 Å². The molecule has 0 spiro atoms. The van der Waals surface area contributed by atoms with Crippen LogP contribution in [0.5, 0.6) is 11.5 Å². The Balaban J connectivity index is 1.73. The third-order valence-corrected chi connectivity index (χ3v) is 3.47. The molecule has 25 heavy (non-hydrogen) atoms. The predicted molar refractivity (Wildman–Crippen MR) is 88.5 cm³/mol. The van der Waals surface area contributed by atoms with Gasteiger partial charge < -0.3 is 13.9 Å². The Kier molecular flexibility index (Phi) is 4.60. The zero-order valence-electron chi connectivity index (χ0n) is 13.6. The van der Waals surface area contributed by atoms with Crippen molar-refractivity contribution >= 4 is 5.69 Å². The van der Waals surface area contributed by atoms with E-state index in [0.29, 0.717) is 5.89 Å². The van der Waals surface area contributed by atoms with Gasteiger partial charge in [-0.15, -0.1) is 10.2 Å². The summed E-state index contributed by atoms with van der Waals surface area (Å²) in [6.45, 7) is 1.71. The summed E-state index contributed by atoms with van der Waals surface area (Å²) < 4.78 is 16.1. The van der Waals surface area contributed by atoms with Crippen LogP contribution in [0.4, 0.5) is 5.69 Å². The van der Waals surface area contributed by atoms with Crippen molar-refractivity contribution < 1.29 is 18.8 Å². The van der Waals surface area contributed by atoms with E-state index in [1.54, 1.807) is 50.4 Å². The molecule has 2 aromatic carbocycles. The lowest BCUT2D eigenvalue weighted by Crippen LogP contribution is -1.99. The fraction of sp³-hybridized carbons (Fsp3) is 0.176. The maximum absolute atomic E-state index is 11.1. The van der Waals surface area contributed by atoms with Gasteiger partial charge in [0.05, 0.1) is 12.0 Å². The van der Waals surface area contributed by atoms with E-state index in [9.17, 15) is 10.1 Å². The van der Waals surface area contributed by atoms with Crippen molar-refractivity contribution in [2.24, 2.45) is 0 Å². The summed E-state index contributed by atoms with van der Waals surface area (Å²) in [6.07, 6.45) is 0. The van der Waals surface area contributed by atoms with Crippen molar-refractivity contribution in [3.8, 4) is 23.0 Å². The molecule has 0 N–H and O–H groups in total. The first kappa shape index (κ1) is 16.4. The maximum Gasteiger partial charge on any atom is 0.311 e. The topological polar surface area (TPSA) is 101 Å². The Morgan fingerprint density at radius 1 is 1.16 bits per heavy atom. The van der Waals surface area contributed by atoms with Crippen LogP contribution in [0.3, 0.4) is 0 Å². The van der Waals surface area contributed by atoms with Crippen LogP contribution in [0.2, 0.25) is 0 Å². The van der Waals surface area contributed by atoms with Crippen LogP contribution in [0, 0.1) is 17.0 Å². The molecule has 0 saturated heterocycles. The van der Waals surface area contributed by atoms with Crippen LogP contribution in [-0.2, 0) is 6.61 Å². The van der Waals surface area contributed by atoms with E-state index < -0.39 is 4.92 Å². The number of nitro benzene ring substituents is 1. The summed E-state index contributed by atoms with van der Waals surface area (Å²) in [5, 5.41) is 18.9. The van der Waals surface area contributed by atoms with E-state index in [4.69, 9.17) is 13.9 Å². The highest BCUT2D eigenvalue weighted by molar-refractivity contribution is 5.54. The van der Waals surface area contributed by atoms with E-state index >= 15 is 0 Å². The number of ether oxygens (including phenoxy) is 2. The fourth-order valence-corrected chi connectivity index (χ4v) is 2.19. The summed E-state index contributed by atoms with van der Waals surface area (Å²) in [5.41, 5.74) is 1.41. The van der Waals surface area contributed by atoms with E-state index in [2.05, 4.69) is 10.2 Å². The first-order valence-electron chi connectivity index (χ1n) is 7.41. The molecule has 0 aliphatic heterocycles. The molecule has 0 unspecified atom stereocenters. The Morgan fingerprint density at radius 2 is 1.92 bits per heavy atom. The number of aryl methyl sites for hydroxylation is 1. The highest BCUT2D eigenvalue weighted by Crippen LogP contribution is 2.28.